The minimum atomic E-state index is -3.68. The summed E-state index contributed by atoms with van der Waals surface area (Å²) >= 11 is 0. The van der Waals surface area contributed by atoms with E-state index in [1.807, 2.05) is 51.9 Å². The number of aromatic nitrogens is 2. The van der Waals surface area contributed by atoms with Gasteiger partial charge in [0.05, 0.1) is 4.90 Å². The van der Waals surface area contributed by atoms with Crippen molar-refractivity contribution in [1.82, 2.24) is 9.97 Å². The van der Waals surface area contributed by atoms with Gasteiger partial charge in [0.15, 0.2) is 0 Å². The molecule has 0 bridgehead atoms. The first-order chi connectivity index (χ1) is 14.0. The Bertz CT molecular complexity index is 1170. The van der Waals surface area contributed by atoms with Crippen molar-refractivity contribution in [2.75, 3.05) is 29.0 Å². The lowest BCUT2D eigenvalue weighted by atomic mass is 10.1. The number of sulfonamides is 1. The molecule has 158 valence electrons. The normalized spacial score (nSPS) is 11.3. The van der Waals surface area contributed by atoms with Gasteiger partial charge in [-0.25, -0.2) is 13.4 Å². The Balaban J connectivity index is 1.79. The maximum atomic E-state index is 12.8. The maximum absolute atomic E-state index is 12.8. The minimum Gasteiger partial charge on any atom is -0.363 e. The summed E-state index contributed by atoms with van der Waals surface area (Å²) in [5, 5.41) is 3.16. The standard InChI is InChI=1S/C22H27N5O2S/c1-14-11-16(3)20(12-15(14)2)30(28,29)26-19-9-7-18(8-10-19)24-22-23-17(4)13-21(25-22)27(5)6/h7-13,26H,1-6H3,(H,23,24,25). The monoisotopic (exact) mass is 425 g/mol. The Morgan fingerprint density at radius 1 is 0.800 bits per heavy atom. The summed E-state index contributed by atoms with van der Waals surface area (Å²) in [6.45, 7) is 7.59. The van der Waals surface area contributed by atoms with Crippen LogP contribution in [0.4, 0.5) is 23.1 Å². The van der Waals surface area contributed by atoms with E-state index in [9.17, 15) is 8.42 Å². The van der Waals surface area contributed by atoms with Crippen LogP contribution in [0.2, 0.25) is 0 Å². The third-order valence-electron chi connectivity index (χ3n) is 4.77. The molecule has 2 N–H and O–H groups in total. The van der Waals surface area contributed by atoms with Gasteiger partial charge in [-0.05, 0) is 74.7 Å². The zero-order chi connectivity index (χ0) is 22.1. The van der Waals surface area contributed by atoms with Gasteiger partial charge in [-0.3, -0.25) is 4.72 Å². The number of anilines is 4. The molecular weight excluding hydrogens is 398 g/mol. The van der Waals surface area contributed by atoms with Crippen molar-refractivity contribution in [2.24, 2.45) is 0 Å². The van der Waals surface area contributed by atoms with Gasteiger partial charge in [0.1, 0.15) is 5.82 Å². The predicted octanol–water partition coefficient (Wildman–Crippen LogP) is 4.32. The molecule has 0 aliphatic rings. The van der Waals surface area contributed by atoms with Crippen LogP contribution in [0.3, 0.4) is 0 Å². The molecule has 0 fully saturated rings. The smallest absolute Gasteiger partial charge is 0.262 e. The van der Waals surface area contributed by atoms with Gasteiger partial charge in [0, 0.05) is 37.2 Å². The van der Waals surface area contributed by atoms with Gasteiger partial charge in [-0.15, -0.1) is 0 Å². The van der Waals surface area contributed by atoms with E-state index in [0.717, 1.165) is 33.9 Å². The highest BCUT2D eigenvalue weighted by molar-refractivity contribution is 7.92. The van der Waals surface area contributed by atoms with Gasteiger partial charge >= 0.3 is 0 Å². The third kappa shape index (κ3) is 4.88. The molecule has 7 nitrogen and oxygen atoms in total. The fraction of sp³-hybridized carbons (Fsp3) is 0.273. The van der Waals surface area contributed by atoms with Crippen molar-refractivity contribution in [3.05, 3.63) is 64.8 Å². The second kappa shape index (κ2) is 8.31. The van der Waals surface area contributed by atoms with Crippen LogP contribution < -0.4 is 14.9 Å². The largest absolute Gasteiger partial charge is 0.363 e. The van der Waals surface area contributed by atoms with E-state index < -0.39 is 10.0 Å². The van der Waals surface area contributed by atoms with Gasteiger partial charge < -0.3 is 10.2 Å². The SMILES string of the molecule is Cc1cc(N(C)C)nc(Nc2ccc(NS(=O)(=O)c3cc(C)c(C)cc3C)cc2)n1. The second-order valence-electron chi connectivity index (χ2n) is 7.60. The van der Waals surface area contributed by atoms with Gasteiger partial charge in [-0.1, -0.05) is 6.07 Å². The second-order valence-corrected chi connectivity index (χ2v) is 9.25. The molecule has 0 unspecified atom stereocenters. The van der Waals surface area contributed by atoms with E-state index in [1.54, 1.807) is 37.3 Å². The Hall–Kier alpha value is -3.13. The molecule has 0 amide bonds. The van der Waals surface area contributed by atoms with Crippen LogP contribution in [0.5, 0.6) is 0 Å². The summed E-state index contributed by atoms with van der Waals surface area (Å²) in [5.41, 5.74) is 4.82. The Labute approximate surface area is 178 Å². The lowest BCUT2D eigenvalue weighted by molar-refractivity contribution is 0.600. The number of aryl methyl sites for hydroxylation is 4. The molecule has 0 atom stereocenters. The van der Waals surface area contributed by atoms with E-state index in [4.69, 9.17) is 0 Å². The molecule has 2 aromatic carbocycles. The lowest BCUT2D eigenvalue weighted by Crippen LogP contribution is -2.15. The predicted molar refractivity (Wildman–Crippen MR) is 122 cm³/mol. The van der Waals surface area contributed by atoms with Crippen molar-refractivity contribution >= 4 is 33.2 Å². The van der Waals surface area contributed by atoms with Crippen molar-refractivity contribution in [3.63, 3.8) is 0 Å². The summed E-state index contributed by atoms with van der Waals surface area (Å²) in [4.78, 5) is 11.1. The van der Waals surface area contributed by atoms with Crippen LogP contribution in [-0.4, -0.2) is 32.5 Å². The Morgan fingerprint density at radius 3 is 2.03 bits per heavy atom. The average molecular weight is 426 g/mol. The highest BCUT2D eigenvalue weighted by Gasteiger charge is 2.18. The van der Waals surface area contributed by atoms with Crippen LogP contribution in [0, 0.1) is 27.7 Å². The topological polar surface area (TPSA) is 87.2 Å². The molecular formula is C22H27N5O2S. The molecule has 0 spiro atoms. The molecule has 3 rings (SSSR count). The van der Waals surface area contributed by atoms with E-state index >= 15 is 0 Å². The van der Waals surface area contributed by atoms with E-state index in [0.29, 0.717) is 11.6 Å². The third-order valence-corrected chi connectivity index (χ3v) is 6.30. The van der Waals surface area contributed by atoms with Crippen molar-refractivity contribution < 1.29 is 8.42 Å². The number of rotatable bonds is 6. The summed E-state index contributed by atoms with van der Waals surface area (Å²) in [5.74, 6) is 1.29. The van der Waals surface area contributed by atoms with E-state index in [1.165, 1.54) is 0 Å². The quantitative estimate of drug-likeness (QED) is 0.612. The summed E-state index contributed by atoms with van der Waals surface area (Å²) in [7, 11) is 0.164. The molecule has 1 aromatic heterocycles. The molecule has 1 heterocycles. The molecule has 0 aliphatic heterocycles. The fourth-order valence-corrected chi connectivity index (χ4v) is 4.39. The van der Waals surface area contributed by atoms with Gasteiger partial charge in [0.2, 0.25) is 5.95 Å². The van der Waals surface area contributed by atoms with Gasteiger partial charge in [0.25, 0.3) is 10.0 Å². The summed E-state index contributed by atoms with van der Waals surface area (Å²) < 4.78 is 28.4. The molecule has 0 saturated heterocycles. The average Bonchev–Trinajstić information content (AvgIpc) is 2.65. The van der Waals surface area contributed by atoms with E-state index in [-0.39, 0.29) is 4.90 Å². The molecule has 30 heavy (non-hydrogen) atoms. The van der Waals surface area contributed by atoms with Crippen LogP contribution in [0.15, 0.2) is 47.4 Å². The molecule has 0 saturated carbocycles. The highest BCUT2D eigenvalue weighted by Crippen LogP contribution is 2.24. The number of hydrogen-bond donors (Lipinski definition) is 2. The number of benzene rings is 2. The zero-order valence-corrected chi connectivity index (χ0v) is 18.9. The fourth-order valence-electron chi connectivity index (χ4n) is 3.02. The first-order valence-corrected chi connectivity index (χ1v) is 11.0. The zero-order valence-electron chi connectivity index (χ0n) is 18.1. The van der Waals surface area contributed by atoms with Crippen molar-refractivity contribution in [1.29, 1.82) is 0 Å². The van der Waals surface area contributed by atoms with Crippen LogP contribution in [-0.2, 0) is 10.0 Å². The van der Waals surface area contributed by atoms with Crippen LogP contribution in [0.25, 0.3) is 0 Å². The van der Waals surface area contributed by atoms with Gasteiger partial charge in [-0.2, -0.15) is 4.98 Å². The molecule has 0 radical (unpaired) electrons. The summed E-state index contributed by atoms with van der Waals surface area (Å²) in [6, 6.07) is 12.5. The first kappa shape index (κ1) is 21.6. The molecule has 8 heteroatoms. The first-order valence-electron chi connectivity index (χ1n) is 9.56. The highest BCUT2D eigenvalue weighted by atomic mass is 32.2. The van der Waals surface area contributed by atoms with Crippen LogP contribution >= 0.6 is 0 Å². The molecule has 3 aromatic rings. The molecule has 0 aliphatic carbocycles. The minimum absolute atomic E-state index is 0.289. The number of nitrogens with one attached hydrogen (secondary N) is 2. The van der Waals surface area contributed by atoms with Crippen molar-refractivity contribution in [3.8, 4) is 0 Å². The number of hydrogen-bond acceptors (Lipinski definition) is 6. The maximum Gasteiger partial charge on any atom is 0.262 e. The lowest BCUT2D eigenvalue weighted by Gasteiger charge is -2.14. The van der Waals surface area contributed by atoms with E-state index in [2.05, 4.69) is 20.0 Å². The Kier molecular flexibility index (Phi) is 5.98. The Morgan fingerprint density at radius 2 is 1.40 bits per heavy atom. The van der Waals surface area contributed by atoms with Crippen LogP contribution in [0.1, 0.15) is 22.4 Å². The number of nitrogens with zero attached hydrogens (tertiary/aromatic N) is 3. The summed E-state index contributed by atoms with van der Waals surface area (Å²) in [6.07, 6.45) is 0. The van der Waals surface area contributed by atoms with Crippen molar-refractivity contribution in [2.45, 2.75) is 32.6 Å².